The second-order valence-electron chi connectivity index (χ2n) is 6.93. The van der Waals surface area contributed by atoms with Gasteiger partial charge in [-0.15, -0.1) is 0 Å². The highest BCUT2D eigenvalue weighted by atomic mass is 16.6. The molecule has 1 atom stereocenters. The fourth-order valence-electron chi connectivity index (χ4n) is 3.17. The van der Waals surface area contributed by atoms with Crippen molar-refractivity contribution in [2.24, 2.45) is 0 Å². The Morgan fingerprint density at radius 3 is 2.55 bits per heavy atom. The molecule has 0 aromatic heterocycles. The molecule has 5 nitrogen and oxygen atoms in total. The molecule has 5 heteroatoms. The third-order valence-corrected chi connectivity index (χ3v) is 4.08. The van der Waals surface area contributed by atoms with E-state index in [0.717, 1.165) is 38.8 Å². The Balaban J connectivity index is 2.04. The standard InChI is InChI=1S/C15H28N2O3/c1-14(2,3)20-13(18)17-15(7-5-4-6-8-15)12-11-19-10-9-16-12/h12,16H,4-11H2,1-3H3,(H,17,18). The van der Waals surface area contributed by atoms with Crippen LogP contribution in [0, 0.1) is 0 Å². The summed E-state index contributed by atoms with van der Waals surface area (Å²) in [5.74, 6) is 0. The molecule has 1 saturated carbocycles. The Labute approximate surface area is 121 Å². The minimum Gasteiger partial charge on any atom is -0.444 e. The molecule has 0 spiro atoms. The maximum atomic E-state index is 12.2. The number of hydrogen-bond donors (Lipinski definition) is 2. The van der Waals surface area contributed by atoms with Crippen LogP contribution in [0.1, 0.15) is 52.9 Å². The van der Waals surface area contributed by atoms with Crippen LogP contribution in [-0.4, -0.2) is 43.0 Å². The van der Waals surface area contributed by atoms with Gasteiger partial charge in [0, 0.05) is 6.54 Å². The van der Waals surface area contributed by atoms with E-state index in [1.165, 1.54) is 6.42 Å². The molecule has 2 N–H and O–H groups in total. The van der Waals surface area contributed by atoms with E-state index in [2.05, 4.69) is 10.6 Å². The second kappa shape index (κ2) is 6.31. The lowest BCUT2D eigenvalue weighted by molar-refractivity contribution is 0.0104. The summed E-state index contributed by atoms with van der Waals surface area (Å²) < 4.78 is 11.0. The van der Waals surface area contributed by atoms with Crippen LogP contribution in [0.3, 0.4) is 0 Å². The van der Waals surface area contributed by atoms with Gasteiger partial charge in [0.15, 0.2) is 0 Å². The van der Waals surface area contributed by atoms with Gasteiger partial charge in [-0.2, -0.15) is 0 Å². The maximum Gasteiger partial charge on any atom is 0.408 e. The van der Waals surface area contributed by atoms with E-state index < -0.39 is 5.60 Å². The van der Waals surface area contributed by atoms with Crippen molar-refractivity contribution >= 4 is 6.09 Å². The molecule has 1 unspecified atom stereocenters. The number of carbonyl (C=O) groups excluding carboxylic acids is 1. The van der Waals surface area contributed by atoms with E-state index in [4.69, 9.17) is 9.47 Å². The molecule has 20 heavy (non-hydrogen) atoms. The summed E-state index contributed by atoms with van der Waals surface area (Å²) in [6.07, 6.45) is 5.21. The van der Waals surface area contributed by atoms with Gasteiger partial charge in [0.2, 0.25) is 0 Å². The highest BCUT2D eigenvalue weighted by Crippen LogP contribution is 2.32. The van der Waals surface area contributed by atoms with Crippen LogP contribution in [0.2, 0.25) is 0 Å². The van der Waals surface area contributed by atoms with Crippen molar-refractivity contribution in [2.45, 2.75) is 70.1 Å². The van der Waals surface area contributed by atoms with E-state index in [9.17, 15) is 4.79 Å². The molecule has 116 valence electrons. The number of ether oxygens (including phenoxy) is 2. The first-order valence-electron chi connectivity index (χ1n) is 7.74. The van der Waals surface area contributed by atoms with Gasteiger partial charge >= 0.3 is 6.09 Å². The quantitative estimate of drug-likeness (QED) is 0.816. The SMILES string of the molecule is CC(C)(C)OC(=O)NC1(C2COCCN2)CCCCC1. The molecular weight excluding hydrogens is 256 g/mol. The van der Waals surface area contributed by atoms with Crippen LogP contribution < -0.4 is 10.6 Å². The first kappa shape index (κ1) is 15.6. The molecule has 2 fully saturated rings. The smallest absolute Gasteiger partial charge is 0.408 e. The van der Waals surface area contributed by atoms with Crippen LogP contribution in [0.5, 0.6) is 0 Å². The fourth-order valence-corrected chi connectivity index (χ4v) is 3.17. The average Bonchev–Trinajstić information content (AvgIpc) is 2.38. The molecule has 2 aliphatic rings. The predicted molar refractivity (Wildman–Crippen MR) is 77.8 cm³/mol. The molecule has 0 radical (unpaired) electrons. The summed E-state index contributed by atoms with van der Waals surface area (Å²) >= 11 is 0. The number of rotatable bonds is 2. The Kier molecular flexibility index (Phi) is 4.91. The number of nitrogens with one attached hydrogen (secondary N) is 2. The number of amides is 1. The monoisotopic (exact) mass is 284 g/mol. The molecule has 0 bridgehead atoms. The molecule has 1 heterocycles. The summed E-state index contributed by atoms with van der Waals surface area (Å²) in [7, 11) is 0. The Bertz CT molecular complexity index is 327. The van der Waals surface area contributed by atoms with Gasteiger partial charge in [-0.25, -0.2) is 4.79 Å². The zero-order valence-corrected chi connectivity index (χ0v) is 13.0. The van der Waals surface area contributed by atoms with Gasteiger partial charge in [0.1, 0.15) is 5.60 Å². The largest absolute Gasteiger partial charge is 0.444 e. The van der Waals surface area contributed by atoms with Crippen molar-refractivity contribution in [3.8, 4) is 0 Å². The number of morpholine rings is 1. The molecule has 2 rings (SSSR count). The Morgan fingerprint density at radius 2 is 2.00 bits per heavy atom. The lowest BCUT2D eigenvalue weighted by Crippen LogP contribution is -2.65. The van der Waals surface area contributed by atoms with E-state index in [-0.39, 0.29) is 17.7 Å². The minimum atomic E-state index is -0.462. The predicted octanol–water partition coefficient (Wildman–Crippen LogP) is 2.20. The molecule has 0 aromatic rings. The normalized spacial score (nSPS) is 26.9. The maximum absolute atomic E-state index is 12.2. The van der Waals surface area contributed by atoms with Crippen molar-refractivity contribution < 1.29 is 14.3 Å². The van der Waals surface area contributed by atoms with Crippen molar-refractivity contribution in [1.82, 2.24) is 10.6 Å². The zero-order valence-electron chi connectivity index (χ0n) is 13.0. The fraction of sp³-hybridized carbons (Fsp3) is 0.933. The van der Waals surface area contributed by atoms with Crippen LogP contribution >= 0.6 is 0 Å². The van der Waals surface area contributed by atoms with E-state index >= 15 is 0 Å². The van der Waals surface area contributed by atoms with E-state index in [1.54, 1.807) is 0 Å². The lowest BCUT2D eigenvalue weighted by atomic mass is 9.76. The topological polar surface area (TPSA) is 59.6 Å². The van der Waals surface area contributed by atoms with Crippen molar-refractivity contribution in [1.29, 1.82) is 0 Å². The van der Waals surface area contributed by atoms with Crippen LogP contribution in [0.15, 0.2) is 0 Å². The average molecular weight is 284 g/mol. The molecule has 1 aliphatic carbocycles. The molecular formula is C15H28N2O3. The molecule has 0 aromatic carbocycles. The van der Waals surface area contributed by atoms with Crippen molar-refractivity contribution in [3.05, 3.63) is 0 Å². The summed E-state index contributed by atoms with van der Waals surface area (Å²) in [5.41, 5.74) is -0.683. The van der Waals surface area contributed by atoms with Gasteiger partial charge in [-0.1, -0.05) is 19.3 Å². The molecule has 1 aliphatic heterocycles. The Hall–Kier alpha value is -0.810. The van der Waals surface area contributed by atoms with Gasteiger partial charge in [-0.3, -0.25) is 0 Å². The second-order valence-corrected chi connectivity index (χ2v) is 6.93. The first-order chi connectivity index (χ1) is 9.41. The zero-order chi connectivity index (χ0) is 14.6. The van der Waals surface area contributed by atoms with E-state index in [0.29, 0.717) is 6.61 Å². The highest BCUT2D eigenvalue weighted by molar-refractivity contribution is 5.69. The molecule has 1 amide bonds. The number of alkyl carbamates (subject to hydrolysis) is 1. The first-order valence-corrected chi connectivity index (χ1v) is 7.74. The number of carbonyl (C=O) groups is 1. The summed E-state index contributed by atoms with van der Waals surface area (Å²) in [6, 6.07) is 0.184. The van der Waals surface area contributed by atoms with E-state index in [1.807, 2.05) is 20.8 Å². The molecule has 1 saturated heterocycles. The van der Waals surface area contributed by atoms with Gasteiger partial charge in [-0.05, 0) is 33.6 Å². The van der Waals surface area contributed by atoms with Gasteiger partial charge in [0.05, 0.1) is 24.8 Å². The van der Waals surface area contributed by atoms with Gasteiger partial charge < -0.3 is 20.1 Å². The summed E-state index contributed by atoms with van der Waals surface area (Å²) in [4.78, 5) is 12.2. The Morgan fingerprint density at radius 1 is 1.30 bits per heavy atom. The van der Waals surface area contributed by atoms with Crippen LogP contribution in [0.25, 0.3) is 0 Å². The summed E-state index contributed by atoms with van der Waals surface area (Å²) in [6.45, 7) is 7.93. The van der Waals surface area contributed by atoms with Gasteiger partial charge in [0.25, 0.3) is 0 Å². The third-order valence-electron chi connectivity index (χ3n) is 4.08. The minimum absolute atomic E-state index is 0.184. The summed E-state index contributed by atoms with van der Waals surface area (Å²) in [5, 5.41) is 6.66. The van der Waals surface area contributed by atoms with Crippen LogP contribution in [-0.2, 0) is 9.47 Å². The lowest BCUT2D eigenvalue weighted by Gasteiger charge is -2.45. The number of hydrogen-bond acceptors (Lipinski definition) is 4. The highest BCUT2D eigenvalue weighted by Gasteiger charge is 2.42. The van der Waals surface area contributed by atoms with Crippen molar-refractivity contribution in [3.63, 3.8) is 0 Å². The third kappa shape index (κ3) is 4.09. The van der Waals surface area contributed by atoms with Crippen LogP contribution in [0.4, 0.5) is 4.79 Å². The van der Waals surface area contributed by atoms with Crippen molar-refractivity contribution in [2.75, 3.05) is 19.8 Å².